The zero-order chi connectivity index (χ0) is 22.5. The van der Waals surface area contributed by atoms with Gasteiger partial charge in [0.15, 0.2) is 17.3 Å². The molecule has 10 heteroatoms. The number of hydrogen-bond donors (Lipinski definition) is 3. The summed E-state index contributed by atoms with van der Waals surface area (Å²) in [6.45, 7) is 0.302. The highest BCUT2D eigenvalue weighted by molar-refractivity contribution is 5.80. The molecule has 1 saturated carbocycles. The Morgan fingerprint density at radius 3 is 2.50 bits per heavy atom. The molecular formula is C22H20F2N6O2. The van der Waals surface area contributed by atoms with E-state index >= 15 is 0 Å². The Hall–Kier alpha value is -4.08. The standard InChI is InChI=1S/C19H14F2N6O2.C3H6/c20-13-8-14(21)17(23-10-13)22-9-11-4-6-12(7-5-11)15-2-1-3-16-24-18(25-19(28)29)26-27(15)16;1-2-3-1/h1-8,10H,9H2,(H,22,23)(H,25,26)(H,28,29);1-3H2. The van der Waals surface area contributed by atoms with Crippen molar-refractivity contribution in [2.75, 3.05) is 10.6 Å². The van der Waals surface area contributed by atoms with Crippen molar-refractivity contribution in [3.8, 4) is 11.3 Å². The van der Waals surface area contributed by atoms with Gasteiger partial charge in [0.05, 0.1) is 11.9 Å². The van der Waals surface area contributed by atoms with Gasteiger partial charge in [0, 0.05) is 18.2 Å². The molecule has 1 amide bonds. The number of pyridine rings is 2. The Kier molecular flexibility index (Phi) is 6.20. The highest BCUT2D eigenvalue weighted by atomic mass is 19.1. The molecule has 0 atom stereocenters. The molecule has 1 aliphatic rings. The van der Waals surface area contributed by atoms with Crippen LogP contribution in [0.15, 0.2) is 54.7 Å². The summed E-state index contributed by atoms with van der Waals surface area (Å²) in [5, 5.41) is 17.9. The van der Waals surface area contributed by atoms with Gasteiger partial charge in [-0.2, -0.15) is 4.98 Å². The number of hydrogen-bond acceptors (Lipinski definition) is 5. The smallest absolute Gasteiger partial charge is 0.411 e. The summed E-state index contributed by atoms with van der Waals surface area (Å²) in [4.78, 5) is 18.6. The molecule has 8 nitrogen and oxygen atoms in total. The summed E-state index contributed by atoms with van der Waals surface area (Å²) in [5.41, 5.74) is 2.91. The predicted octanol–water partition coefficient (Wildman–Crippen LogP) is 4.94. The van der Waals surface area contributed by atoms with Crippen LogP contribution in [0.3, 0.4) is 0 Å². The number of fused-ring (bicyclic) bond motifs is 1. The molecule has 32 heavy (non-hydrogen) atoms. The van der Waals surface area contributed by atoms with Crippen LogP contribution in [-0.4, -0.2) is 30.8 Å². The quantitative estimate of drug-likeness (QED) is 0.408. The van der Waals surface area contributed by atoms with Crippen LogP contribution in [0.4, 0.5) is 25.3 Å². The van der Waals surface area contributed by atoms with Gasteiger partial charge in [0.2, 0.25) is 0 Å². The molecule has 0 unspecified atom stereocenters. The maximum absolute atomic E-state index is 13.6. The molecule has 5 rings (SSSR count). The van der Waals surface area contributed by atoms with E-state index in [0.29, 0.717) is 12.2 Å². The topological polar surface area (TPSA) is 104 Å². The van der Waals surface area contributed by atoms with E-state index in [4.69, 9.17) is 5.11 Å². The second kappa shape index (κ2) is 9.38. The maximum atomic E-state index is 13.6. The van der Waals surface area contributed by atoms with Crippen molar-refractivity contribution in [1.29, 1.82) is 0 Å². The highest BCUT2D eigenvalue weighted by Crippen LogP contribution is 2.22. The number of rotatable bonds is 5. The molecule has 0 aliphatic heterocycles. The number of anilines is 2. The van der Waals surface area contributed by atoms with Gasteiger partial charge in [0.1, 0.15) is 5.82 Å². The number of benzene rings is 1. The third kappa shape index (κ3) is 5.34. The fourth-order valence-corrected chi connectivity index (χ4v) is 2.80. The van der Waals surface area contributed by atoms with Crippen molar-refractivity contribution >= 4 is 23.5 Å². The fraction of sp³-hybridized carbons (Fsp3) is 0.182. The lowest BCUT2D eigenvalue weighted by Crippen LogP contribution is -2.08. The van der Waals surface area contributed by atoms with Crippen molar-refractivity contribution < 1.29 is 18.7 Å². The third-order valence-electron chi connectivity index (χ3n) is 4.45. The average Bonchev–Trinajstić information content (AvgIpc) is 3.59. The normalized spacial score (nSPS) is 12.1. The summed E-state index contributed by atoms with van der Waals surface area (Å²) in [7, 11) is 0. The molecule has 0 spiro atoms. The first-order valence-corrected chi connectivity index (χ1v) is 9.99. The molecule has 0 radical (unpaired) electrons. The Labute approximate surface area is 182 Å². The Balaban J connectivity index is 0.000000754. The number of carbonyl (C=O) groups is 1. The zero-order valence-electron chi connectivity index (χ0n) is 16.9. The minimum atomic E-state index is -1.24. The Morgan fingerprint density at radius 2 is 1.84 bits per heavy atom. The van der Waals surface area contributed by atoms with Gasteiger partial charge in [-0.05, 0) is 17.7 Å². The molecule has 3 N–H and O–H groups in total. The first kappa shape index (κ1) is 21.2. The van der Waals surface area contributed by atoms with E-state index in [2.05, 4.69) is 25.7 Å². The third-order valence-corrected chi connectivity index (χ3v) is 4.45. The van der Waals surface area contributed by atoms with Crippen molar-refractivity contribution in [3.05, 3.63) is 71.9 Å². The SMILES string of the molecule is C1CC1.O=C(O)Nc1nc2cccc(-c3ccc(CNc4ncc(F)cc4F)cc3)n2n1. The molecule has 164 valence electrons. The first-order valence-electron chi connectivity index (χ1n) is 9.99. The lowest BCUT2D eigenvalue weighted by Gasteiger charge is -2.08. The zero-order valence-corrected chi connectivity index (χ0v) is 16.9. The van der Waals surface area contributed by atoms with Gasteiger partial charge < -0.3 is 10.4 Å². The molecule has 0 saturated heterocycles. The van der Waals surface area contributed by atoms with Crippen molar-refractivity contribution in [2.24, 2.45) is 0 Å². The molecule has 4 aromatic rings. The van der Waals surface area contributed by atoms with Crippen LogP contribution in [0, 0.1) is 11.6 Å². The van der Waals surface area contributed by atoms with Gasteiger partial charge in [-0.3, -0.25) is 5.32 Å². The van der Waals surface area contributed by atoms with Crippen LogP contribution in [0.1, 0.15) is 24.8 Å². The number of nitrogens with zero attached hydrogens (tertiary/aromatic N) is 4. The van der Waals surface area contributed by atoms with E-state index in [9.17, 15) is 13.6 Å². The van der Waals surface area contributed by atoms with E-state index in [-0.39, 0.29) is 11.8 Å². The fourth-order valence-electron chi connectivity index (χ4n) is 2.80. The summed E-state index contributed by atoms with van der Waals surface area (Å²) >= 11 is 0. The second-order valence-electron chi connectivity index (χ2n) is 7.14. The summed E-state index contributed by atoms with van der Waals surface area (Å²) in [6.07, 6.45) is 4.20. The van der Waals surface area contributed by atoms with Crippen LogP contribution in [0.2, 0.25) is 0 Å². The van der Waals surface area contributed by atoms with Crippen molar-refractivity contribution in [3.63, 3.8) is 0 Å². The van der Waals surface area contributed by atoms with Gasteiger partial charge in [-0.1, -0.05) is 49.6 Å². The average molecular weight is 438 g/mol. The van der Waals surface area contributed by atoms with Crippen LogP contribution in [-0.2, 0) is 6.54 Å². The van der Waals surface area contributed by atoms with E-state index in [1.165, 1.54) is 23.8 Å². The van der Waals surface area contributed by atoms with E-state index < -0.39 is 17.7 Å². The van der Waals surface area contributed by atoms with Crippen molar-refractivity contribution in [1.82, 2.24) is 19.6 Å². The van der Waals surface area contributed by atoms with E-state index in [1.807, 2.05) is 30.3 Å². The van der Waals surface area contributed by atoms with E-state index in [0.717, 1.165) is 29.1 Å². The minimum absolute atomic E-state index is 0.0143. The van der Waals surface area contributed by atoms with Crippen LogP contribution < -0.4 is 10.6 Å². The first-order chi connectivity index (χ1) is 15.5. The van der Waals surface area contributed by atoms with Crippen LogP contribution in [0.25, 0.3) is 16.9 Å². The molecule has 1 fully saturated rings. The Morgan fingerprint density at radius 1 is 1.09 bits per heavy atom. The van der Waals surface area contributed by atoms with Gasteiger partial charge in [0.25, 0.3) is 5.95 Å². The summed E-state index contributed by atoms with van der Waals surface area (Å²) < 4.78 is 28.1. The van der Waals surface area contributed by atoms with Gasteiger partial charge in [-0.15, -0.1) is 5.10 Å². The van der Waals surface area contributed by atoms with Crippen molar-refractivity contribution in [2.45, 2.75) is 25.8 Å². The minimum Gasteiger partial charge on any atom is -0.465 e. The number of amides is 1. The monoisotopic (exact) mass is 438 g/mol. The molecule has 1 aliphatic carbocycles. The number of nitrogens with one attached hydrogen (secondary N) is 2. The highest BCUT2D eigenvalue weighted by Gasteiger charge is 2.11. The molecule has 0 bridgehead atoms. The molecule has 1 aromatic carbocycles. The lowest BCUT2D eigenvalue weighted by molar-refractivity contribution is 0.209. The number of aromatic nitrogens is 4. The van der Waals surface area contributed by atoms with Gasteiger partial charge >= 0.3 is 6.09 Å². The largest absolute Gasteiger partial charge is 0.465 e. The van der Waals surface area contributed by atoms with Crippen LogP contribution >= 0.6 is 0 Å². The maximum Gasteiger partial charge on any atom is 0.411 e. The van der Waals surface area contributed by atoms with Gasteiger partial charge in [-0.25, -0.2) is 23.1 Å². The molecule has 3 heterocycles. The summed E-state index contributed by atoms with van der Waals surface area (Å²) in [5.74, 6) is -1.53. The Bertz CT molecular complexity index is 1240. The lowest BCUT2D eigenvalue weighted by atomic mass is 10.1. The summed E-state index contributed by atoms with van der Waals surface area (Å²) in [6, 6.07) is 13.5. The molecular weight excluding hydrogens is 418 g/mol. The second-order valence-corrected chi connectivity index (χ2v) is 7.14. The van der Waals surface area contributed by atoms with Crippen LogP contribution in [0.5, 0.6) is 0 Å². The predicted molar refractivity (Wildman–Crippen MR) is 115 cm³/mol. The number of halogens is 2. The van der Waals surface area contributed by atoms with E-state index in [1.54, 1.807) is 12.1 Å². The molecule has 3 aromatic heterocycles. The number of carboxylic acid groups (broad SMARTS) is 1.